The molecule has 4 nitrogen and oxygen atoms in total. The first-order valence-electron chi connectivity index (χ1n) is 5.08. The van der Waals surface area contributed by atoms with Gasteiger partial charge in [0.05, 0.1) is 0 Å². The van der Waals surface area contributed by atoms with Gasteiger partial charge in [-0.05, 0) is 18.2 Å². The zero-order chi connectivity index (χ0) is 12.3. The van der Waals surface area contributed by atoms with E-state index < -0.39 is 5.82 Å². The Morgan fingerprint density at radius 2 is 2.12 bits per heavy atom. The van der Waals surface area contributed by atoms with Gasteiger partial charge in [0, 0.05) is 10.9 Å². The molecule has 0 bridgehead atoms. The molecule has 0 aliphatic rings. The Hall–Kier alpha value is -1.43. The van der Waals surface area contributed by atoms with Gasteiger partial charge in [-0.2, -0.15) is 0 Å². The summed E-state index contributed by atoms with van der Waals surface area (Å²) in [6.07, 6.45) is 0.666. The number of ether oxygens (including phenoxy) is 1. The maximum absolute atomic E-state index is 13.4. The largest absolute Gasteiger partial charge is 0.481 e. The molecule has 1 heterocycles. The van der Waals surface area contributed by atoms with E-state index in [4.69, 9.17) is 9.15 Å². The van der Waals surface area contributed by atoms with Gasteiger partial charge in [-0.1, -0.05) is 22.9 Å². The van der Waals surface area contributed by atoms with Crippen LogP contribution in [0.1, 0.15) is 18.7 Å². The second-order valence-electron chi connectivity index (χ2n) is 3.31. The second kappa shape index (κ2) is 5.27. The lowest BCUT2D eigenvalue weighted by Gasteiger charge is -2.04. The van der Waals surface area contributed by atoms with Gasteiger partial charge < -0.3 is 9.15 Å². The molecule has 2 rings (SSSR count). The van der Waals surface area contributed by atoms with Crippen LogP contribution in [0.15, 0.2) is 27.1 Å². The molecule has 0 saturated heterocycles. The second-order valence-corrected chi connectivity index (χ2v) is 4.22. The number of aromatic nitrogens is 2. The first kappa shape index (κ1) is 12.0. The van der Waals surface area contributed by atoms with Crippen molar-refractivity contribution in [1.82, 2.24) is 10.2 Å². The number of hydrogen-bond acceptors (Lipinski definition) is 4. The van der Waals surface area contributed by atoms with E-state index >= 15 is 0 Å². The predicted molar refractivity (Wildman–Crippen MR) is 62.1 cm³/mol. The van der Waals surface area contributed by atoms with Crippen LogP contribution in [0.4, 0.5) is 4.39 Å². The number of hydrogen-bond donors (Lipinski definition) is 0. The van der Waals surface area contributed by atoms with E-state index in [-0.39, 0.29) is 12.4 Å². The predicted octanol–water partition coefficient (Wildman–Crippen LogP) is 3.11. The minimum atomic E-state index is -0.436. The van der Waals surface area contributed by atoms with Crippen LogP contribution in [0.2, 0.25) is 0 Å². The summed E-state index contributed by atoms with van der Waals surface area (Å²) < 4.78 is 24.5. The van der Waals surface area contributed by atoms with Crippen molar-refractivity contribution in [2.45, 2.75) is 20.0 Å². The molecule has 0 amide bonds. The molecule has 0 fully saturated rings. The summed E-state index contributed by atoms with van der Waals surface area (Å²) in [6, 6.07) is 4.57. The molecule has 0 unspecified atom stereocenters. The topological polar surface area (TPSA) is 48.2 Å². The fraction of sp³-hybridized carbons (Fsp3) is 0.273. The standard InChI is InChI=1S/C11H10BrFN2O2/c1-2-10-14-15-11(17-10)6-16-9-4-3-7(12)5-8(9)13/h3-5H,2,6H2,1H3. The van der Waals surface area contributed by atoms with Crippen LogP contribution in [0.25, 0.3) is 0 Å². The van der Waals surface area contributed by atoms with Gasteiger partial charge in [-0.25, -0.2) is 4.39 Å². The van der Waals surface area contributed by atoms with Crippen LogP contribution in [0.5, 0.6) is 5.75 Å². The van der Waals surface area contributed by atoms with Crippen molar-refractivity contribution in [1.29, 1.82) is 0 Å². The number of aryl methyl sites for hydroxylation is 1. The van der Waals surface area contributed by atoms with Crippen molar-refractivity contribution in [3.05, 3.63) is 40.3 Å². The summed E-state index contributed by atoms with van der Waals surface area (Å²) in [5, 5.41) is 7.56. The summed E-state index contributed by atoms with van der Waals surface area (Å²) in [5.74, 6) is 0.600. The zero-order valence-electron chi connectivity index (χ0n) is 9.11. The molecule has 0 atom stereocenters. The summed E-state index contributed by atoms with van der Waals surface area (Å²) >= 11 is 3.17. The van der Waals surface area contributed by atoms with Gasteiger partial charge >= 0.3 is 0 Å². The Kier molecular flexibility index (Phi) is 3.73. The quantitative estimate of drug-likeness (QED) is 0.870. The summed E-state index contributed by atoms with van der Waals surface area (Å²) in [7, 11) is 0. The van der Waals surface area contributed by atoms with Gasteiger partial charge in [0.15, 0.2) is 18.2 Å². The van der Waals surface area contributed by atoms with E-state index in [0.717, 1.165) is 0 Å². The molecule has 0 aliphatic carbocycles. The van der Waals surface area contributed by atoms with E-state index in [9.17, 15) is 4.39 Å². The molecule has 90 valence electrons. The monoisotopic (exact) mass is 300 g/mol. The average molecular weight is 301 g/mol. The Morgan fingerprint density at radius 3 is 2.76 bits per heavy atom. The summed E-state index contributed by atoms with van der Waals surface area (Å²) in [6.45, 7) is 1.97. The minimum Gasteiger partial charge on any atom is -0.481 e. The Bertz CT molecular complexity index is 516. The van der Waals surface area contributed by atoms with Crippen molar-refractivity contribution in [2.75, 3.05) is 0 Å². The highest BCUT2D eigenvalue weighted by molar-refractivity contribution is 9.10. The lowest BCUT2D eigenvalue weighted by molar-refractivity contribution is 0.248. The third kappa shape index (κ3) is 3.03. The van der Waals surface area contributed by atoms with Crippen LogP contribution < -0.4 is 4.74 Å². The van der Waals surface area contributed by atoms with Crippen molar-refractivity contribution in [3.8, 4) is 5.75 Å². The van der Waals surface area contributed by atoms with E-state index in [1.807, 2.05) is 6.92 Å². The van der Waals surface area contributed by atoms with E-state index in [2.05, 4.69) is 26.1 Å². The van der Waals surface area contributed by atoms with Crippen molar-refractivity contribution in [2.24, 2.45) is 0 Å². The molecule has 2 aromatic rings. The number of rotatable bonds is 4. The van der Waals surface area contributed by atoms with Crippen LogP contribution in [-0.2, 0) is 13.0 Å². The number of halogens is 2. The smallest absolute Gasteiger partial charge is 0.253 e. The minimum absolute atomic E-state index is 0.0611. The molecule has 0 spiro atoms. The molecule has 1 aromatic heterocycles. The number of benzene rings is 1. The number of nitrogens with zero attached hydrogens (tertiary/aromatic N) is 2. The van der Waals surface area contributed by atoms with Crippen molar-refractivity contribution in [3.63, 3.8) is 0 Å². The Labute approximate surface area is 106 Å². The Morgan fingerprint density at radius 1 is 1.35 bits per heavy atom. The molecule has 17 heavy (non-hydrogen) atoms. The van der Waals surface area contributed by atoms with Crippen LogP contribution in [0.3, 0.4) is 0 Å². The van der Waals surface area contributed by atoms with Crippen LogP contribution >= 0.6 is 15.9 Å². The molecule has 1 aromatic carbocycles. The summed E-state index contributed by atoms with van der Waals surface area (Å²) in [5.41, 5.74) is 0. The highest BCUT2D eigenvalue weighted by Crippen LogP contribution is 2.22. The normalized spacial score (nSPS) is 10.5. The third-order valence-electron chi connectivity index (χ3n) is 2.06. The molecular weight excluding hydrogens is 291 g/mol. The average Bonchev–Trinajstić information content (AvgIpc) is 2.76. The highest BCUT2D eigenvalue weighted by Gasteiger charge is 2.08. The maximum atomic E-state index is 13.4. The lowest BCUT2D eigenvalue weighted by Crippen LogP contribution is -1.97. The first-order chi connectivity index (χ1) is 8.19. The molecule has 0 aliphatic heterocycles. The van der Waals surface area contributed by atoms with E-state index in [0.29, 0.717) is 22.7 Å². The zero-order valence-corrected chi connectivity index (χ0v) is 10.7. The lowest BCUT2D eigenvalue weighted by atomic mass is 10.3. The van der Waals surface area contributed by atoms with E-state index in [1.165, 1.54) is 12.1 Å². The SMILES string of the molecule is CCc1nnc(COc2ccc(Br)cc2F)o1. The van der Waals surface area contributed by atoms with Gasteiger partial charge in [0.2, 0.25) is 5.89 Å². The Balaban J connectivity index is 2.02. The molecule has 0 N–H and O–H groups in total. The summed E-state index contributed by atoms with van der Waals surface area (Å²) in [4.78, 5) is 0. The fourth-order valence-electron chi connectivity index (χ4n) is 1.22. The highest BCUT2D eigenvalue weighted by atomic mass is 79.9. The van der Waals surface area contributed by atoms with E-state index in [1.54, 1.807) is 6.07 Å². The fourth-order valence-corrected chi connectivity index (χ4v) is 1.55. The molecular formula is C11H10BrFN2O2. The van der Waals surface area contributed by atoms with Crippen LogP contribution in [-0.4, -0.2) is 10.2 Å². The van der Waals surface area contributed by atoms with Gasteiger partial charge in [-0.3, -0.25) is 0 Å². The maximum Gasteiger partial charge on any atom is 0.253 e. The van der Waals surface area contributed by atoms with Gasteiger partial charge in [0.25, 0.3) is 5.89 Å². The van der Waals surface area contributed by atoms with Gasteiger partial charge in [-0.15, -0.1) is 10.2 Å². The van der Waals surface area contributed by atoms with Crippen molar-refractivity contribution >= 4 is 15.9 Å². The molecule has 6 heteroatoms. The van der Waals surface area contributed by atoms with Crippen molar-refractivity contribution < 1.29 is 13.5 Å². The van der Waals surface area contributed by atoms with Gasteiger partial charge in [0.1, 0.15) is 0 Å². The van der Waals surface area contributed by atoms with Crippen LogP contribution in [0, 0.1) is 5.82 Å². The molecule has 0 radical (unpaired) electrons. The first-order valence-corrected chi connectivity index (χ1v) is 5.87. The molecule has 0 saturated carbocycles. The third-order valence-corrected chi connectivity index (χ3v) is 2.55.